The molecule has 10 bridgehead atoms. The zero-order valence-electron chi connectivity index (χ0n) is 60.3. The molecule has 15 fully saturated rings. The molecule has 0 radical (unpaired) electrons. The first-order valence-electron chi connectivity index (χ1n) is 36.1. The predicted molar refractivity (Wildman–Crippen MR) is 341 cm³/mol. The second kappa shape index (κ2) is 24.0. The second-order valence-electron chi connectivity index (χ2n) is 35.8. The van der Waals surface area contributed by atoms with Gasteiger partial charge in [0.2, 0.25) is 0 Å². The maximum Gasteiger partial charge on any atom is 0.316 e. The van der Waals surface area contributed by atoms with Crippen LogP contribution in [0.15, 0.2) is 0 Å². The van der Waals surface area contributed by atoms with Gasteiger partial charge in [-0.05, 0) is 178 Å². The van der Waals surface area contributed by atoms with Crippen LogP contribution in [0.3, 0.4) is 0 Å². The molecule has 95 heavy (non-hydrogen) atoms. The Labute approximate surface area is 561 Å². The lowest BCUT2D eigenvalue weighted by molar-refractivity contribution is -0.181. The van der Waals surface area contributed by atoms with Crippen molar-refractivity contribution in [3.63, 3.8) is 0 Å². The van der Waals surface area contributed by atoms with Gasteiger partial charge in [-0.3, -0.25) is 47.9 Å². The van der Waals surface area contributed by atoms with Crippen LogP contribution >= 0.6 is 0 Å². The van der Waals surface area contributed by atoms with Gasteiger partial charge in [-0.25, -0.2) is 0 Å². The maximum atomic E-state index is 12.3. The van der Waals surface area contributed by atoms with Crippen LogP contribution < -0.4 is 0 Å². The Kier molecular flexibility index (Phi) is 17.9. The highest BCUT2D eigenvalue weighted by Crippen LogP contribution is 2.67. The monoisotopic (exact) mass is 1330 g/mol. The van der Waals surface area contributed by atoms with Gasteiger partial charge in [-0.1, -0.05) is 55.4 Å². The number of rotatable bonds is 15. The number of esters is 10. The van der Waals surface area contributed by atoms with E-state index in [4.69, 9.17) is 47.4 Å². The lowest BCUT2D eigenvalue weighted by Crippen LogP contribution is -2.47. The quantitative estimate of drug-likeness (QED) is 0.109. The summed E-state index contributed by atoms with van der Waals surface area (Å²) in [6, 6.07) is 0. The average Bonchev–Trinajstić information content (AvgIpc) is 1.56. The number of hydrogen-bond donors (Lipinski definition) is 0. The van der Waals surface area contributed by atoms with Crippen molar-refractivity contribution >= 4 is 59.7 Å². The molecule has 0 aromatic heterocycles. The fraction of sp³-hybridized carbons (Fsp3) is 0.867. The fourth-order valence-electron chi connectivity index (χ4n) is 19.6. The molecule has 0 spiro atoms. The standard InChI is InChI=1S/C16H24O4.3C15H22O4.C14H20O4/c1-6-15(2,3)14(18)20-11-9-7-8-10(16(9,4)5)12(11)19-13(8)17;1-5-14(2,3)13(17)19-11-10-8-6-15(11,4)7-9(8)12(16)18-10;1-5-14(2,3)12(16)19-11-8-6-9-10(7-8)18-13(17)15(9,11)4;1-5-14(2,3)13(17)18-11-8-6-9-10(7-8)15(11,4)19-12(9)16;1-4-14(2,3)13(16)18-11-7-5-8-9(6-7)17-12(15)10(8)11/h8-12H,6-7H2,1-5H3;3*8-11H,5-7H2,1-4H3;7-11H,4-6H2,1-3H3. The van der Waals surface area contributed by atoms with Gasteiger partial charge in [0.05, 0.1) is 44.8 Å². The highest BCUT2D eigenvalue weighted by atomic mass is 16.6. The van der Waals surface area contributed by atoms with Crippen LogP contribution in [0.25, 0.3) is 0 Å². The highest BCUT2D eigenvalue weighted by Gasteiger charge is 2.75. The zero-order chi connectivity index (χ0) is 69.9. The number of fused-ring (bicyclic) bond motifs is 5. The van der Waals surface area contributed by atoms with Gasteiger partial charge in [0.15, 0.2) is 0 Å². The third-order valence-electron chi connectivity index (χ3n) is 28.0. The molecule has 25 unspecified atom stereocenters. The molecule has 15 rings (SSSR count). The van der Waals surface area contributed by atoms with E-state index in [2.05, 4.69) is 20.8 Å². The van der Waals surface area contributed by atoms with E-state index in [0.717, 1.165) is 89.9 Å². The third-order valence-corrected chi connectivity index (χ3v) is 28.0. The molecule has 20 nitrogen and oxygen atoms in total. The molecule has 15 aliphatic rings. The zero-order valence-corrected chi connectivity index (χ0v) is 60.3. The topological polar surface area (TPSA) is 263 Å². The van der Waals surface area contributed by atoms with Crippen molar-refractivity contribution < 1.29 is 95.3 Å². The molecule has 530 valence electrons. The van der Waals surface area contributed by atoms with E-state index in [1.54, 1.807) is 0 Å². The van der Waals surface area contributed by atoms with Crippen molar-refractivity contribution in [2.75, 3.05) is 0 Å². The Morgan fingerprint density at radius 1 is 0.421 bits per heavy atom. The summed E-state index contributed by atoms with van der Waals surface area (Å²) in [7, 11) is 0. The Bertz CT molecular complexity index is 3100. The molecule has 5 saturated heterocycles. The molecule has 0 amide bonds. The molecule has 5 heterocycles. The van der Waals surface area contributed by atoms with Gasteiger partial charge < -0.3 is 47.4 Å². The second-order valence-corrected chi connectivity index (χ2v) is 35.8. The smallest absolute Gasteiger partial charge is 0.316 e. The lowest BCUT2D eigenvalue weighted by atomic mass is 9.73. The molecule has 10 saturated carbocycles. The number of hydrogen-bond acceptors (Lipinski definition) is 20. The summed E-state index contributed by atoms with van der Waals surface area (Å²) in [5.41, 5.74) is -3.62. The van der Waals surface area contributed by atoms with Crippen LogP contribution in [0.2, 0.25) is 0 Å². The Morgan fingerprint density at radius 3 is 1.45 bits per heavy atom. The predicted octanol–water partition coefficient (Wildman–Crippen LogP) is 11.4. The van der Waals surface area contributed by atoms with E-state index < -0.39 is 38.1 Å². The summed E-state index contributed by atoms with van der Waals surface area (Å²) in [5.74, 6) is 0.842. The summed E-state index contributed by atoms with van der Waals surface area (Å²) in [6.45, 7) is 39.2. The van der Waals surface area contributed by atoms with Crippen LogP contribution in [0.5, 0.6) is 0 Å². The first-order chi connectivity index (χ1) is 44.0. The molecule has 0 N–H and O–H groups in total. The van der Waals surface area contributed by atoms with Crippen LogP contribution in [0.4, 0.5) is 0 Å². The molecule has 25 atom stereocenters. The molecular weight excluding hydrogens is 1220 g/mol. The minimum Gasteiger partial charge on any atom is -0.462 e. The maximum absolute atomic E-state index is 12.3. The highest BCUT2D eigenvalue weighted by molar-refractivity contribution is 5.84. The number of ether oxygens (including phenoxy) is 10. The van der Waals surface area contributed by atoms with Crippen LogP contribution in [-0.2, 0) is 95.3 Å². The lowest BCUT2D eigenvalue weighted by Gasteiger charge is -2.36. The van der Waals surface area contributed by atoms with Gasteiger partial charge >= 0.3 is 59.7 Å². The summed E-state index contributed by atoms with van der Waals surface area (Å²) in [5, 5.41) is 0. The van der Waals surface area contributed by atoms with Gasteiger partial charge in [-0.15, -0.1) is 0 Å². The van der Waals surface area contributed by atoms with E-state index in [1.165, 1.54) is 0 Å². The van der Waals surface area contributed by atoms with E-state index >= 15 is 0 Å². The Balaban J connectivity index is 0.000000121. The van der Waals surface area contributed by atoms with Crippen LogP contribution in [0, 0.1) is 120 Å². The molecule has 20 heteroatoms. The largest absolute Gasteiger partial charge is 0.462 e. The number of carbonyl (C=O) groups is 10. The summed E-state index contributed by atoms with van der Waals surface area (Å²) < 4.78 is 56.1. The van der Waals surface area contributed by atoms with Gasteiger partial charge in [0.1, 0.15) is 71.9 Å². The molecule has 0 aromatic carbocycles. The van der Waals surface area contributed by atoms with Gasteiger partial charge in [0, 0.05) is 58.7 Å². The van der Waals surface area contributed by atoms with E-state index in [-0.39, 0.29) is 179 Å². The Morgan fingerprint density at radius 2 is 0.895 bits per heavy atom. The molecule has 5 aliphatic heterocycles. The normalized spacial score (nSPS) is 42.5. The summed E-state index contributed by atoms with van der Waals surface area (Å²) in [4.78, 5) is 121. The fourth-order valence-corrected chi connectivity index (χ4v) is 19.6. The van der Waals surface area contributed by atoms with Crippen molar-refractivity contribution in [2.24, 2.45) is 120 Å². The first-order valence-corrected chi connectivity index (χ1v) is 36.1. The SMILES string of the molecule is CCC(C)(C)C(=O)OC1C2CC3C(=O)OC1(C)C3C2.CCC(C)(C)C(=O)OC1C2CC3OC(=O)C1(C)C3C2.CCC(C)(C)C(=O)OC1C2CC3OC(=O)C1C3C2.CCC(C)(C)C(=O)OC1C2OC(=O)C3CC1(C)CC32.CCC(C)(C)C(=O)OC1C2OC(=O)C3CC1C(C)(C)C32. The number of carbonyl (C=O) groups excluding carboxylic acids is 10. The minimum atomic E-state index is -0.604. The van der Waals surface area contributed by atoms with Crippen LogP contribution in [0.1, 0.15) is 228 Å². The Hall–Kier alpha value is -5.30. The van der Waals surface area contributed by atoms with Crippen molar-refractivity contribution in [3.05, 3.63) is 0 Å². The molecule has 10 aliphatic carbocycles. The first kappa shape index (κ1) is 71.0. The van der Waals surface area contributed by atoms with Gasteiger partial charge in [0.25, 0.3) is 0 Å². The third kappa shape index (κ3) is 11.3. The molecule has 0 aromatic rings. The van der Waals surface area contributed by atoms with Crippen molar-refractivity contribution in [2.45, 2.75) is 289 Å². The average molecular weight is 1330 g/mol. The van der Waals surface area contributed by atoms with Crippen LogP contribution in [-0.4, -0.2) is 120 Å². The minimum absolute atomic E-state index is 0.0167. The molecular formula is C75H110O20. The summed E-state index contributed by atoms with van der Waals surface area (Å²) >= 11 is 0. The van der Waals surface area contributed by atoms with Crippen molar-refractivity contribution in [1.82, 2.24) is 0 Å². The van der Waals surface area contributed by atoms with E-state index in [9.17, 15) is 47.9 Å². The summed E-state index contributed by atoms with van der Waals surface area (Å²) in [6.07, 6.45) is 10.1. The van der Waals surface area contributed by atoms with Crippen molar-refractivity contribution in [1.29, 1.82) is 0 Å². The van der Waals surface area contributed by atoms with Gasteiger partial charge in [-0.2, -0.15) is 0 Å². The van der Waals surface area contributed by atoms with Crippen molar-refractivity contribution in [3.8, 4) is 0 Å². The van der Waals surface area contributed by atoms with E-state index in [0.29, 0.717) is 23.7 Å². The van der Waals surface area contributed by atoms with E-state index in [1.807, 2.05) is 118 Å².